The number of ether oxygens (including phenoxy) is 2. The van der Waals surface area contributed by atoms with E-state index in [2.05, 4.69) is 20.7 Å². The first kappa shape index (κ1) is 15.1. The molecule has 0 aliphatic carbocycles. The number of nitrogens with one attached hydrogen (secondary N) is 1. The van der Waals surface area contributed by atoms with E-state index in [0.717, 1.165) is 5.56 Å². The van der Waals surface area contributed by atoms with Gasteiger partial charge in [0.15, 0.2) is 11.5 Å². The van der Waals surface area contributed by atoms with Crippen LogP contribution in [0.4, 0.5) is 5.69 Å². The lowest BCUT2D eigenvalue weighted by atomic mass is 10.2. The number of carbonyl (C=O) groups excluding carboxylic acids is 1. The summed E-state index contributed by atoms with van der Waals surface area (Å²) in [6.45, 7) is 1.90. The molecule has 1 aliphatic heterocycles. The molecule has 1 aliphatic rings. The minimum atomic E-state index is -0.615. The molecule has 126 valence electrons. The number of tetrazole rings is 1. The van der Waals surface area contributed by atoms with Crippen molar-refractivity contribution < 1.29 is 14.3 Å². The van der Waals surface area contributed by atoms with Gasteiger partial charge in [-0.15, -0.1) is 10.2 Å². The van der Waals surface area contributed by atoms with E-state index in [1.807, 2.05) is 30.3 Å². The van der Waals surface area contributed by atoms with Crippen LogP contribution in [0, 0.1) is 0 Å². The fraction of sp³-hybridized carbons (Fsp3) is 0.176. The van der Waals surface area contributed by atoms with Gasteiger partial charge < -0.3 is 14.8 Å². The predicted molar refractivity (Wildman–Crippen MR) is 89.2 cm³/mol. The van der Waals surface area contributed by atoms with Gasteiger partial charge in [0.1, 0.15) is 6.04 Å². The minimum absolute atomic E-state index is 0.189. The van der Waals surface area contributed by atoms with E-state index in [9.17, 15) is 4.79 Å². The Morgan fingerprint density at radius 3 is 2.80 bits per heavy atom. The molecule has 1 amide bonds. The van der Waals surface area contributed by atoms with Gasteiger partial charge in [-0.2, -0.15) is 4.80 Å². The van der Waals surface area contributed by atoms with Crippen LogP contribution in [-0.4, -0.2) is 32.9 Å². The third kappa shape index (κ3) is 3.01. The van der Waals surface area contributed by atoms with Crippen LogP contribution in [-0.2, 0) is 4.79 Å². The monoisotopic (exact) mass is 337 g/mol. The van der Waals surface area contributed by atoms with E-state index in [1.165, 1.54) is 4.80 Å². The molecule has 25 heavy (non-hydrogen) atoms. The molecule has 1 aromatic heterocycles. The maximum absolute atomic E-state index is 12.4. The van der Waals surface area contributed by atoms with E-state index >= 15 is 0 Å². The second-order valence-corrected chi connectivity index (χ2v) is 5.53. The molecular weight excluding hydrogens is 322 g/mol. The zero-order valence-electron chi connectivity index (χ0n) is 13.4. The molecule has 2 heterocycles. The number of anilines is 1. The molecule has 0 saturated carbocycles. The molecule has 1 N–H and O–H groups in total. The number of rotatable bonds is 4. The van der Waals surface area contributed by atoms with Gasteiger partial charge in [0, 0.05) is 17.3 Å². The lowest BCUT2D eigenvalue weighted by molar-refractivity contribution is -0.119. The van der Waals surface area contributed by atoms with Crippen LogP contribution >= 0.6 is 0 Å². The third-order valence-electron chi connectivity index (χ3n) is 3.83. The Morgan fingerprint density at radius 2 is 1.96 bits per heavy atom. The highest BCUT2D eigenvalue weighted by atomic mass is 16.7. The number of nitrogens with zero attached hydrogens (tertiary/aromatic N) is 4. The summed E-state index contributed by atoms with van der Waals surface area (Å²) in [5.74, 6) is 1.49. The van der Waals surface area contributed by atoms with Gasteiger partial charge in [-0.1, -0.05) is 30.3 Å². The first-order chi connectivity index (χ1) is 12.2. The lowest BCUT2D eigenvalue weighted by Crippen LogP contribution is -2.25. The average Bonchev–Trinajstić information content (AvgIpc) is 3.31. The van der Waals surface area contributed by atoms with Crippen molar-refractivity contribution in [2.45, 2.75) is 13.0 Å². The topological polar surface area (TPSA) is 91.2 Å². The SMILES string of the molecule is CC(C(=O)Nc1ccc2c(c1)OCO2)n1nnc(-c2ccccc2)n1. The minimum Gasteiger partial charge on any atom is -0.454 e. The van der Waals surface area contributed by atoms with Crippen molar-refractivity contribution >= 4 is 11.6 Å². The molecule has 1 atom stereocenters. The van der Waals surface area contributed by atoms with Crippen molar-refractivity contribution in [2.75, 3.05) is 12.1 Å². The van der Waals surface area contributed by atoms with E-state index in [0.29, 0.717) is 23.0 Å². The lowest BCUT2D eigenvalue weighted by Gasteiger charge is -2.11. The standard InChI is InChI=1S/C17H15N5O3/c1-11(22-20-16(19-21-22)12-5-3-2-4-6-12)17(23)18-13-7-8-14-15(9-13)25-10-24-14/h2-9,11H,10H2,1H3,(H,18,23). The van der Waals surface area contributed by atoms with Crippen molar-refractivity contribution in [1.82, 2.24) is 20.2 Å². The number of benzene rings is 2. The summed E-state index contributed by atoms with van der Waals surface area (Å²) in [6.07, 6.45) is 0. The normalized spacial score (nSPS) is 13.5. The molecule has 0 fully saturated rings. The van der Waals surface area contributed by atoms with Crippen LogP contribution in [0.3, 0.4) is 0 Å². The van der Waals surface area contributed by atoms with Gasteiger partial charge in [-0.3, -0.25) is 4.79 Å². The zero-order valence-corrected chi connectivity index (χ0v) is 13.4. The summed E-state index contributed by atoms with van der Waals surface area (Å²) >= 11 is 0. The summed E-state index contributed by atoms with van der Waals surface area (Å²) in [7, 11) is 0. The summed E-state index contributed by atoms with van der Waals surface area (Å²) in [5, 5.41) is 15.1. The number of aromatic nitrogens is 4. The largest absolute Gasteiger partial charge is 0.454 e. The molecule has 1 unspecified atom stereocenters. The molecule has 8 heteroatoms. The van der Waals surface area contributed by atoms with Gasteiger partial charge in [-0.05, 0) is 24.3 Å². The number of hydrogen-bond donors (Lipinski definition) is 1. The summed E-state index contributed by atoms with van der Waals surface area (Å²) in [6, 6.07) is 14.1. The Bertz CT molecular complexity index is 910. The van der Waals surface area contributed by atoms with Gasteiger partial charge in [0.05, 0.1) is 0 Å². The van der Waals surface area contributed by atoms with E-state index in [4.69, 9.17) is 9.47 Å². The Morgan fingerprint density at radius 1 is 1.16 bits per heavy atom. The van der Waals surface area contributed by atoms with Gasteiger partial charge in [0.25, 0.3) is 5.91 Å². The third-order valence-corrected chi connectivity index (χ3v) is 3.83. The highest BCUT2D eigenvalue weighted by molar-refractivity contribution is 5.93. The highest BCUT2D eigenvalue weighted by Gasteiger charge is 2.20. The Labute approximate surface area is 143 Å². The van der Waals surface area contributed by atoms with E-state index in [-0.39, 0.29) is 12.7 Å². The molecule has 3 aromatic rings. The average molecular weight is 337 g/mol. The Hall–Kier alpha value is -3.42. The Balaban J connectivity index is 1.48. The van der Waals surface area contributed by atoms with Crippen molar-refractivity contribution in [1.29, 1.82) is 0 Å². The molecule has 8 nitrogen and oxygen atoms in total. The summed E-state index contributed by atoms with van der Waals surface area (Å²) in [4.78, 5) is 13.7. The maximum Gasteiger partial charge on any atom is 0.250 e. The predicted octanol–water partition coefficient (Wildman–Crippen LogP) is 2.27. The van der Waals surface area contributed by atoms with Crippen LogP contribution in [0.15, 0.2) is 48.5 Å². The molecule has 0 radical (unpaired) electrons. The fourth-order valence-corrected chi connectivity index (χ4v) is 2.42. The van der Waals surface area contributed by atoms with Crippen LogP contribution < -0.4 is 14.8 Å². The van der Waals surface area contributed by atoms with Crippen LogP contribution in [0.25, 0.3) is 11.4 Å². The van der Waals surface area contributed by atoms with Crippen LogP contribution in [0.1, 0.15) is 13.0 Å². The number of hydrogen-bond acceptors (Lipinski definition) is 6. The number of carbonyl (C=O) groups is 1. The van der Waals surface area contributed by atoms with E-state index in [1.54, 1.807) is 25.1 Å². The molecule has 0 spiro atoms. The highest BCUT2D eigenvalue weighted by Crippen LogP contribution is 2.34. The molecule has 2 aromatic carbocycles. The first-order valence-corrected chi connectivity index (χ1v) is 7.76. The van der Waals surface area contributed by atoms with Gasteiger partial charge in [-0.25, -0.2) is 0 Å². The zero-order chi connectivity index (χ0) is 17.2. The number of fused-ring (bicyclic) bond motifs is 1. The van der Waals surface area contributed by atoms with Crippen LogP contribution in [0.2, 0.25) is 0 Å². The van der Waals surface area contributed by atoms with Crippen molar-refractivity contribution in [3.8, 4) is 22.9 Å². The first-order valence-electron chi connectivity index (χ1n) is 7.76. The Kier molecular flexibility index (Phi) is 3.77. The second-order valence-electron chi connectivity index (χ2n) is 5.53. The van der Waals surface area contributed by atoms with Crippen molar-refractivity contribution in [3.05, 3.63) is 48.5 Å². The molecule has 0 bridgehead atoms. The summed E-state index contributed by atoms with van der Waals surface area (Å²) in [5.41, 5.74) is 1.46. The van der Waals surface area contributed by atoms with E-state index < -0.39 is 6.04 Å². The van der Waals surface area contributed by atoms with Gasteiger partial charge in [0.2, 0.25) is 12.6 Å². The molecule has 0 saturated heterocycles. The number of amides is 1. The van der Waals surface area contributed by atoms with Crippen molar-refractivity contribution in [2.24, 2.45) is 0 Å². The van der Waals surface area contributed by atoms with Crippen LogP contribution in [0.5, 0.6) is 11.5 Å². The second kappa shape index (κ2) is 6.23. The quantitative estimate of drug-likeness (QED) is 0.785. The molecular formula is C17H15N5O3. The smallest absolute Gasteiger partial charge is 0.250 e. The van der Waals surface area contributed by atoms with Gasteiger partial charge >= 0.3 is 0 Å². The maximum atomic E-state index is 12.4. The fourth-order valence-electron chi connectivity index (χ4n) is 2.42. The van der Waals surface area contributed by atoms with Crippen molar-refractivity contribution in [3.63, 3.8) is 0 Å². The summed E-state index contributed by atoms with van der Waals surface area (Å²) < 4.78 is 10.6. The molecule has 4 rings (SSSR count).